The number of hydrogen-bond donors (Lipinski definition) is 1. The van der Waals surface area contributed by atoms with Crippen LogP contribution >= 0.6 is 0 Å². The standard InChI is InChI=1S/C12H7F2N3/c13-9-1-7(2-10(14)4-9)8-3-11-12(15-5-8)17-6-16-11/h1-6H,(H,15,16,17). The first-order valence-electron chi connectivity index (χ1n) is 4.98. The van der Waals surface area contributed by atoms with Gasteiger partial charge in [0.25, 0.3) is 0 Å². The Hall–Kier alpha value is -2.30. The van der Waals surface area contributed by atoms with Crippen LogP contribution in [0.1, 0.15) is 0 Å². The highest BCUT2D eigenvalue weighted by atomic mass is 19.1. The van der Waals surface area contributed by atoms with E-state index < -0.39 is 11.6 Å². The summed E-state index contributed by atoms with van der Waals surface area (Å²) in [5.41, 5.74) is 2.38. The molecule has 0 radical (unpaired) electrons. The Morgan fingerprint density at radius 3 is 2.41 bits per heavy atom. The van der Waals surface area contributed by atoms with Crippen molar-refractivity contribution in [2.24, 2.45) is 0 Å². The molecular weight excluding hydrogens is 224 g/mol. The van der Waals surface area contributed by atoms with Crippen molar-refractivity contribution in [1.82, 2.24) is 15.0 Å². The summed E-state index contributed by atoms with van der Waals surface area (Å²) in [6.07, 6.45) is 3.07. The maximum Gasteiger partial charge on any atom is 0.157 e. The number of nitrogens with zero attached hydrogens (tertiary/aromatic N) is 2. The molecule has 0 aliphatic heterocycles. The first kappa shape index (κ1) is 9.89. The van der Waals surface area contributed by atoms with E-state index >= 15 is 0 Å². The molecule has 5 heteroatoms. The number of hydrogen-bond acceptors (Lipinski definition) is 2. The molecule has 0 spiro atoms. The second kappa shape index (κ2) is 3.62. The fourth-order valence-electron chi connectivity index (χ4n) is 1.70. The van der Waals surface area contributed by atoms with Crippen LogP contribution in [-0.4, -0.2) is 15.0 Å². The van der Waals surface area contributed by atoms with Gasteiger partial charge in [-0.05, 0) is 23.8 Å². The van der Waals surface area contributed by atoms with Crippen LogP contribution in [0.2, 0.25) is 0 Å². The van der Waals surface area contributed by atoms with Gasteiger partial charge in [0.05, 0.1) is 6.33 Å². The van der Waals surface area contributed by atoms with Crippen LogP contribution in [0.3, 0.4) is 0 Å². The normalized spacial score (nSPS) is 10.9. The van der Waals surface area contributed by atoms with E-state index in [9.17, 15) is 8.78 Å². The number of fused-ring (bicyclic) bond motifs is 1. The second-order valence-electron chi connectivity index (χ2n) is 3.65. The number of aromatic amines is 1. The molecule has 0 aliphatic carbocycles. The molecule has 0 fully saturated rings. The van der Waals surface area contributed by atoms with Crippen molar-refractivity contribution in [2.75, 3.05) is 0 Å². The summed E-state index contributed by atoms with van der Waals surface area (Å²) in [6.45, 7) is 0. The highest BCUT2D eigenvalue weighted by Gasteiger charge is 2.05. The topological polar surface area (TPSA) is 41.6 Å². The molecule has 17 heavy (non-hydrogen) atoms. The van der Waals surface area contributed by atoms with E-state index in [0.29, 0.717) is 22.3 Å². The van der Waals surface area contributed by atoms with Gasteiger partial charge in [-0.25, -0.2) is 18.7 Å². The fraction of sp³-hybridized carbons (Fsp3) is 0. The lowest BCUT2D eigenvalue weighted by Gasteiger charge is -2.01. The van der Waals surface area contributed by atoms with E-state index in [4.69, 9.17) is 0 Å². The summed E-state index contributed by atoms with van der Waals surface area (Å²) < 4.78 is 26.2. The number of pyridine rings is 1. The molecule has 1 N–H and O–H groups in total. The molecule has 0 saturated carbocycles. The zero-order valence-corrected chi connectivity index (χ0v) is 8.61. The zero-order valence-electron chi connectivity index (χ0n) is 8.61. The third-order valence-corrected chi connectivity index (χ3v) is 2.47. The molecular formula is C12H7F2N3. The van der Waals surface area contributed by atoms with Gasteiger partial charge in [0, 0.05) is 17.8 Å². The average molecular weight is 231 g/mol. The van der Waals surface area contributed by atoms with E-state index in [2.05, 4.69) is 15.0 Å². The average Bonchev–Trinajstić information content (AvgIpc) is 2.74. The minimum atomic E-state index is -0.609. The number of benzene rings is 1. The molecule has 0 atom stereocenters. The first-order valence-corrected chi connectivity index (χ1v) is 4.98. The van der Waals surface area contributed by atoms with Crippen LogP contribution in [0.5, 0.6) is 0 Å². The molecule has 3 nitrogen and oxygen atoms in total. The van der Waals surface area contributed by atoms with Crippen LogP contribution < -0.4 is 0 Å². The van der Waals surface area contributed by atoms with Crippen LogP contribution in [0.25, 0.3) is 22.3 Å². The Morgan fingerprint density at radius 1 is 0.882 bits per heavy atom. The van der Waals surface area contributed by atoms with Crippen LogP contribution in [0, 0.1) is 11.6 Å². The zero-order chi connectivity index (χ0) is 11.8. The van der Waals surface area contributed by atoms with Gasteiger partial charge >= 0.3 is 0 Å². The molecule has 2 heterocycles. The van der Waals surface area contributed by atoms with Crippen molar-refractivity contribution in [2.45, 2.75) is 0 Å². The summed E-state index contributed by atoms with van der Waals surface area (Å²) in [4.78, 5) is 11.0. The number of halogens is 2. The number of imidazole rings is 1. The minimum absolute atomic E-state index is 0.444. The molecule has 3 aromatic rings. The van der Waals surface area contributed by atoms with Crippen LogP contribution in [0.4, 0.5) is 8.78 Å². The Labute approximate surface area is 95.1 Å². The SMILES string of the molecule is Fc1cc(F)cc(-c2cnc3[nH]cnc3c2)c1. The molecule has 0 bridgehead atoms. The maximum atomic E-state index is 13.1. The third-order valence-electron chi connectivity index (χ3n) is 2.47. The minimum Gasteiger partial charge on any atom is -0.329 e. The predicted octanol–water partition coefficient (Wildman–Crippen LogP) is 2.90. The van der Waals surface area contributed by atoms with E-state index in [0.717, 1.165) is 6.07 Å². The van der Waals surface area contributed by atoms with Crippen LogP contribution in [-0.2, 0) is 0 Å². The van der Waals surface area contributed by atoms with Gasteiger partial charge in [0.15, 0.2) is 5.65 Å². The van der Waals surface area contributed by atoms with E-state index in [-0.39, 0.29) is 0 Å². The summed E-state index contributed by atoms with van der Waals surface area (Å²) in [7, 11) is 0. The Morgan fingerprint density at radius 2 is 1.65 bits per heavy atom. The van der Waals surface area contributed by atoms with Crippen molar-refractivity contribution in [3.8, 4) is 11.1 Å². The molecule has 0 unspecified atom stereocenters. The summed E-state index contributed by atoms with van der Waals surface area (Å²) in [5, 5.41) is 0. The van der Waals surface area contributed by atoms with E-state index in [1.54, 1.807) is 12.3 Å². The highest BCUT2D eigenvalue weighted by molar-refractivity contribution is 5.77. The fourth-order valence-corrected chi connectivity index (χ4v) is 1.70. The molecule has 0 aliphatic rings. The van der Waals surface area contributed by atoms with Gasteiger partial charge in [0.1, 0.15) is 17.2 Å². The largest absolute Gasteiger partial charge is 0.329 e. The van der Waals surface area contributed by atoms with Crippen molar-refractivity contribution in [1.29, 1.82) is 0 Å². The van der Waals surface area contributed by atoms with E-state index in [1.807, 2.05) is 0 Å². The smallest absolute Gasteiger partial charge is 0.157 e. The summed E-state index contributed by atoms with van der Waals surface area (Å²) >= 11 is 0. The molecule has 0 amide bonds. The van der Waals surface area contributed by atoms with Gasteiger partial charge in [-0.15, -0.1) is 0 Å². The number of H-pyrrole nitrogens is 1. The van der Waals surface area contributed by atoms with Crippen molar-refractivity contribution < 1.29 is 8.78 Å². The lowest BCUT2D eigenvalue weighted by atomic mass is 10.1. The quantitative estimate of drug-likeness (QED) is 0.699. The molecule has 0 saturated heterocycles. The van der Waals surface area contributed by atoms with Gasteiger partial charge < -0.3 is 4.98 Å². The van der Waals surface area contributed by atoms with Crippen molar-refractivity contribution in [3.63, 3.8) is 0 Å². The predicted molar refractivity (Wildman–Crippen MR) is 59.2 cm³/mol. The maximum absolute atomic E-state index is 13.1. The number of aromatic nitrogens is 3. The van der Waals surface area contributed by atoms with Crippen molar-refractivity contribution in [3.05, 3.63) is 48.4 Å². The van der Waals surface area contributed by atoms with Gasteiger partial charge in [-0.2, -0.15) is 0 Å². The highest BCUT2D eigenvalue weighted by Crippen LogP contribution is 2.23. The summed E-state index contributed by atoms with van der Waals surface area (Å²) in [5.74, 6) is -1.22. The molecule has 1 aromatic carbocycles. The third kappa shape index (κ3) is 1.75. The van der Waals surface area contributed by atoms with Gasteiger partial charge in [-0.1, -0.05) is 0 Å². The summed E-state index contributed by atoms with van der Waals surface area (Å²) in [6, 6.07) is 5.09. The van der Waals surface area contributed by atoms with Gasteiger partial charge in [-0.3, -0.25) is 0 Å². The van der Waals surface area contributed by atoms with Crippen LogP contribution in [0.15, 0.2) is 36.8 Å². The first-order chi connectivity index (χ1) is 8.22. The second-order valence-corrected chi connectivity index (χ2v) is 3.65. The Balaban J connectivity index is 2.19. The van der Waals surface area contributed by atoms with Gasteiger partial charge in [0.2, 0.25) is 0 Å². The number of nitrogens with one attached hydrogen (secondary N) is 1. The van der Waals surface area contributed by atoms with Crippen molar-refractivity contribution >= 4 is 11.2 Å². The Kier molecular flexibility index (Phi) is 2.11. The monoisotopic (exact) mass is 231 g/mol. The molecule has 84 valence electrons. The lowest BCUT2D eigenvalue weighted by Crippen LogP contribution is -1.86. The molecule has 3 rings (SSSR count). The molecule has 2 aromatic heterocycles. The number of rotatable bonds is 1. The Bertz CT molecular complexity index is 671. The lowest BCUT2D eigenvalue weighted by molar-refractivity contribution is 0.584. The van der Waals surface area contributed by atoms with E-state index in [1.165, 1.54) is 18.5 Å².